The van der Waals surface area contributed by atoms with Gasteiger partial charge < -0.3 is 14.5 Å². The van der Waals surface area contributed by atoms with Gasteiger partial charge in [-0.2, -0.15) is 0 Å². The maximum atomic E-state index is 8.48. The van der Waals surface area contributed by atoms with E-state index in [0.29, 0.717) is 5.71 Å². The van der Waals surface area contributed by atoms with Crippen molar-refractivity contribution in [1.82, 2.24) is 9.13 Å². The Hall–Kier alpha value is -5.15. The van der Waals surface area contributed by atoms with Gasteiger partial charge in [0.05, 0.1) is 22.3 Å². The summed E-state index contributed by atoms with van der Waals surface area (Å²) in [5.74, 6) is 0. The maximum Gasteiger partial charge on any atom is 0.0612 e. The molecule has 1 N–H and O–H groups in total. The van der Waals surface area contributed by atoms with Crippen molar-refractivity contribution >= 4 is 54.9 Å². The molecule has 7 rings (SSSR count). The van der Waals surface area contributed by atoms with Gasteiger partial charge in [0.25, 0.3) is 0 Å². The minimum atomic E-state index is 0.461. The monoisotopic (exact) mass is 487 g/mol. The maximum absolute atomic E-state index is 8.48. The number of benzene rings is 5. The van der Waals surface area contributed by atoms with Gasteiger partial charge in [-0.25, -0.2) is 0 Å². The first-order valence-electron chi connectivity index (χ1n) is 12.7. The Morgan fingerprint density at radius 2 is 1.26 bits per heavy atom. The number of para-hydroxylation sites is 2. The van der Waals surface area contributed by atoms with Crippen LogP contribution < -0.4 is 0 Å². The second-order valence-corrected chi connectivity index (χ2v) is 9.53. The van der Waals surface area contributed by atoms with Gasteiger partial charge in [-0.1, -0.05) is 85.4 Å². The first-order valence-corrected chi connectivity index (χ1v) is 12.7. The lowest BCUT2D eigenvalue weighted by Crippen LogP contribution is -1.96. The molecule has 0 fully saturated rings. The fourth-order valence-electron chi connectivity index (χ4n) is 5.59. The third-order valence-electron chi connectivity index (χ3n) is 7.35. The third kappa shape index (κ3) is 3.40. The Morgan fingerprint density at radius 1 is 0.579 bits per heavy atom. The summed E-state index contributed by atoms with van der Waals surface area (Å²) < 4.78 is 4.45. The van der Waals surface area contributed by atoms with Gasteiger partial charge in [-0.3, -0.25) is 0 Å². The van der Waals surface area contributed by atoms with Gasteiger partial charge >= 0.3 is 0 Å². The number of hydrogen-bond acceptors (Lipinski definition) is 1. The highest BCUT2D eigenvalue weighted by Gasteiger charge is 2.16. The molecule has 0 bridgehead atoms. The van der Waals surface area contributed by atoms with Gasteiger partial charge in [-0.15, -0.1) is 0 Å². The minimum Gasteiger partial charge on any atom is -0.317 e. The topological polar surface area (TPSA) is 33.7 Å². The first-order chi connectivity index (χ1) is 18.7. The molecule has 0 aliphatic carbocycles. The lowest BCUT2D eigenvalue weighted by molar-refractivity contribution is 1.13. The van der Waals surface area contributed by atoms with E-state index in [2.05, 4.69) is 101 Å². The molecule has 0 aliphatic heterocycles. The van der Waals surface area contributed by atoms with Gasteiger partial charge in [-0.05, 0) is 64.9 Å². The van der Waals surface area contributed by atoms with E-state index in [9.17, 15) is 0 Å². The quantitative estimate of drug-likeness (QED) is 0.186. The third-order valence-corrected chi connectivity index (χ3v) is 7.35. The van der Waals surface area contributed by atoms with Crippen LogP contribution in [0.5, 0.6) is 0 Å². The average Bonchev–Trinajstić information content (AvgIpc) is 3.56. The fourth-order valence-corrected chi connectivity index (χ4v) is 5.59. The Bertz CT molecular complexity index is 2040. The molecule has 180 valence electrons. The number of hydrogen-bond donors (Lipinski definition) is 1. The molecular formula is C35H25N3. The fraction of sp³-hybridized carbons (Fsp3) is 0. The van der Waals surface area contributed by atoms with Crippen LogP contribution in [-0.4, -0.2) is 14.8 Å². The molecule has 0 atom stereocenters. The highest BCUT2D eigenvalue weighted by atomic mass is 15.0. The summed E-state index contributed by atoms with van der Waals surface area (Å²) in [5.41, 5.74) is 6.74. The van der Waals surface area contributed by atoms with Crippen molar-refractivity contribution in [1.29, 1.82) is 5.41 Å². The summed E-state index contributed by atoms with van der Waals surface area (Å²) in [7, 11) is 0. The van der Waals surface area contributed by atoms with Crippen molar-refractivity contribution in [3.8, 4) is 5.69 Å². The normalized spacial score (nSPS) is 11.8. The van der Waals surface area contributed by atoms with Crippen LogP contribution in [0.1, 0.15) is 5.56 Å². The molecule has 3 nitrogen and oxygen atoms in total. The predicted octanol–water partition coefficient (Wildman–Crippen LogP) is 8.99. The van der Waals surface area contributed by atoms with Crippen molar-refractivity contribution in [2.45, 2.75) is 0 Å². The zero-order valence-electron chi connectivity index (χ0n) is 20.8. The van der Waals surface area contributed by atoms with E-state index in [1.165, 1.54) is 32.4 Å². The van der Waals surface area contributed by atoms with Gasteiger partial charge in [0.2, 0.25) is 0 Å². The molecule has 3 heteroatoms. The number of aromatic nitrogens is 2. The van der Waals surface area contributed by atoms with Crippen molar-refractivity contribution in [2.75, 3.05) is 0 Å². The van der Waals surface area contributed by atoms with Crippen LogP contribution in [0.2, 0.25) is 0 Å². The standard InChI is InChI=1S/C35H25N3/c1-24(16-19-31(36)25-10-4-2-5-11-25)38-33-15-9-8-14-30(33)35-29-18-20-32-28(27(29)17-21-34(35)38)22-23-37(32)26-12-6-3-7-13-26/h2-23,36H,1H2/b19-16-,36-31?. The zero-order chi connectivity index (χ0) is 25.6. The molecular weight excluding hydrogens is 462 g/mol. The summed E-state index contributed by atoms with van der Waals surface area (Å²) in [6, 6.07) is 39.9. The Kier molecular flexibility index (Phi) is 5.09. The van der Waals surface area contributed by atoms with Crippen LogP contribution in [-0.2, 0) is 0 Å². The number of nitrogens with one attached hydrogen (secondary N) is 1. The van der Waals surface area contributed by atoms with Crippen LogP contribution in [0.3, 0.4) is 0 Å². The molecule has 5 aromatic carbocycles. The Morgan fingerprint density at radius 3 is 2.08 bits per heavy atom. The smallest absolute Gasteiger partial charge is 0.0612 e. The van der Waals surface area contributed by atoms with E-state index in [4.69, 9.17) is 5.41 Å². The summed E-state index contributed by atoms with van der Waals surface area (Å²) in [6.07, 6.45) is 5.92. The lowest BCUT2D eigenvalue weighted by atomic mass is 10.0. The molecule has 0 saturated carbocycles. The summed E-state index contributed by atoms with van der Waals surface area (Å²) >= 11 is 0. The Labute approximate surface area is 220 Å². The van der Waals surface area contributed by atoms with E-state index in [1.807, 2.05) is 48.6 Å². The largest absolute Gasteiger partial charge is 0.317 e. The minimum absolute atomic E-state index is 0.461. The summed E-state index contributed by atoms with van der Waals surface area (Å²) in [6.45, 7) is 4.41. The van der Waals surface area contributed by atoms with Gasteiger partial charge in [0.1, 0.15) is 0 Å². The molecule has 0 amide bonds. The van der Waals surface area contributed by atoms with Crippen LogP contribution in [0.25, 0.3) is 54.9 Å². The highest BCUT2D eigenvalue weighted by molar-refractivity contribution is 6.25. The second kappa shape index (κ2) is 8.75. The highest BCUT2D eigenvalue weighted by Crippen LogP contribution is 2.39. The molecule has 0 unspecified atom stereocenters. The molecule has 0 radical (unpaired) electrons. The molecule has 0 saturated heterocycles. The van der Waals surface area contributed by atoms with E-state index < -0.39 is 0 Å². The predicted molar refractivity (Wildman–Crippen MR) is 162 cm³/mol. The summed E-state index contributed by atoms with van der Waals surface area (Å²) in [4.78, 5) is 0. The SMILES string of the molecule is C=C(/C=C\C(=N)c1ccccc1)n1c2ccccc2c2c3ccc4c(ccn4-c4ccccc4)c3ccc21. The van der Waals surface area contributed by atoms with Gasteiger partial charge in [0.15, 0.2) is 0 Å². The van der Waals surface area contributed by atoms with Crippen molar-refractivity contribution in [3.05, 3.63) is 146 Å². The van der Waals surface area contributed by atoms with E-state index in [0.717, 1.165) is 28.0 Å². The molecule has 7 aromatic rings. The summed E-state index contributed by atoms with van der Waals surface area (Å²) in [5, 5.41) is 14.6. The van der Waals surface area contributed by atoms with Crippen LogP contribution in [0, 0.1) is 5.41 Å². The number of nitrogens with zero attached hydrogens (tertiary/aromatic N) is 2. The molecule has 0 spiro atoms. The number of rotatable bonds is 5. The van der Waals surface area contributed by atoms with Crippen LogP contribution >= 0.6 is 0 Å². The molecule has 2 aromatic heterocycles. The van der Waals surface area contributed by atoms with Crippen molar-refractivity contribution in [3.63, 3.8) is 0 Å². The molecule has 0 aliphatic rings. The van der Waals surface area contributed by atoms with Gasteiger partial charge in [0, 0.05) is 33.7 Å². The average molecular weight is 488 g/mol. The number of fused-ring (bicyclic) bond motifs is 7. The van der Waals surface area contributed by atoms with E-state index in [-0.39, 0.29) is 0 Å². The zero-order valence-corrected chi connectivity index (χ0v) is 20.8. The van der Waals surface area contributed by atoms with Crippen molar-refractivity contribution < 1.29 is 0 Å². The van der Waals surface area contributed by atoms with E-state index >= 15 is 0 Å². The first kappa shape index (κ1) is 22.1. The second-order valence-electron chi connectivity index (χ2n) is 9.53. The van der Waals surface area contributed by atoms with E-state index in [1.54, 1.807) is 0 Å². The van der Waals surface area contributed by atoms with Crippen LogP contribution in [0.15, 0.2) is 140 Å². The van der Waals surface area contributed by atoms with Crippen molar-refractivity contribution in [2.24, 2.45) is 0 Å². The molecule has 2 heterocycles. The Balaban J connectivity index is 1.41. The van der Waals surface area contributed by atoms with Crippen LogP contribution in [0.4, 0.5) is 0 Å². The lowest BCUT2D eigenvalue weighted by Gasteiger charge is -2.09. The molecule has 38 heavy (non-hydrogen) atoms. The number of allylic oxidation sites excluding steroid dienone is 3.